The number of rotatable bonds is 4. The van der Waals surface area contributed by atoms with Crippen LogP contribution in [-0.4, -0.2) is 77.4 Å². The number of likely N-dealkylation sites (tertiary alicyclic amines) is 2. The summed E-state index contributed by atoms with van der Waals surface area (Å²) < 4.78 is 5.78. The monoisotopic (exact) mass is 358 g/mol. The average Bonchev–Trinajstić information content (AvgIpc) is 3.15. The molecular weight excluding hydrogens is 336 g/mol. The van der Waals surface area contributed by atoms with Crippen molar-refractivity contribution in [1.82, 2.24) is 9.80 Å². The molecule has 0 spiro atoms. The van der Waals surface area contributed by atoms with Gasteiger partial charge in [0.25, 0.3) is 0 Å². The second kappa shape index (κ2) is 7.61. The molecule has 0 aromatic heterocycles. The lowest BCUT2D eigenvalue weighted by Crippen LogP contribution is -2.35. The van der Waals surface area contributed by atoms with E-state index >= 15 is 0 Å². The van der Waals surface area contributed by atoms with Crippen LogP contribution in [0.1, 0.15) is 26.7 Å². The molecule has 0 aromatic carbocycles. The number of carbonyl (C=O) groups excluding carboxylic acids is 4. The molecule has 0 N–H and O–H groups in total. The molecule has 0 bridgehead atoms. The third kappa shape index (κ3) is 3.95. The fraction of sp³-hybridized carbons (Fsp3) is 0.750. The normalized spacial score (nSPS) is 36.5. The molecule has 3 saturated heterocycles. The summed E-state index contributed by atoms with van der Waals surface area (Å²) in [5.74, 6) is 0.188. The van der Waals surface area contributed by atoms with Gasteiger partial charge in [-0.05, 0) is 26.7 Å². The number of fused-ring (bicyclic) bond motifs is 1. The highest BCUT2D eigenvalue weighted by Gasteiger charge is 2.50. The maximum atomic E-state index is 10.9. The first-order valence-corrected chi connectivity index (χ1v) is 8.43. The summed E-state index contributed by atoms with van der Waals surface area (Å²) >= 11 is 5.70. The molecule has 0 saturated carbocycles. The molecule has 3 fully saturated rings. The maximum absolute atomic E-state index is 10.9. The molecule has 1 unspecified atom stereocenters. The lowest BCUT2D eigenvalue weighted by atomic mass is 9.91. The zero-order chi connectivity index (χ0) is 17.9. The van der Waals surface area contributed by atoms with Gasteiger partial charge < -0.3 is 24.1 Å². The van der Waals surface area contributed by atoms with Gasteiger partial charge in [-0.3, -0.25) is 9.59 Å². The van der Waals surface area contributed by atoms with Crippen molar-refractivity contribution < 1.29 is 23.9 Å². The Morgan fingerprint density at radius 1 is 1.04 bits per heavy atom. The fourth-order valence-corrected chi connectivity index (χ4v) is 4.06. The molecule has 3 aliphatic heterocycles. The van der Waals surface area contributed by atoms with Gasteiger partial charge in [0.2, 0.25) is 12.8 Å². The number of hydrogen-bond donors (Lipinski definition) is 0. The van der Waals surface area contributed by atoms with Gasteiger partial charge in [0.05, 0.1) is 29.2 Å². The van der Waals surface area contributed by atoms with Gasteiger partial charge in [-0.15, -0.1) is 11.6 Å². The van der Waals surface area contributed by atoms with Gasteiger partial charge in [0.1, 0.15) is 12.6 Å². The van der Waals surface area contributed by atoms with E-state index in [-0.39, 0.29) is 35.1 Å². The van der Waals surface area contributed by atoms with E-state index in [1.807, 2.05) is 13.8 Å². The van der Waals surface area contributed by atoms with Gasteiger partial charge in [-0.1, -0.05) is 0 Å². The van der Waals surface area contributed by atoms with E-state index in [9.17, 15) is 19.2 Å². The number of halogens is 1. The fourth-order valence-electron chi connectivity index (χ4n) is 3.72. The Morgan fingerprint density at radius 2 is 1.71 bits per heavy atom. The van der Waals surface area contributed by atoms with E-state index < -0.39 is 0 Å². The van der Waals surface area contributed by atoms with Crippen molar-refractivity contribution in [2.24, 2.45) is 5.92 Å². The number of hydrogen-bond acceptors (Lipinski definition) is 5. The van der Waals surface area contributed by atoms with E-state index in [2.05, 4.69) is 0 Å². The van der Waals surface area contributed by atoms with Crippen LogP contribution in [0.5, 0.6) is 0 Å². The number of ether oxygens (including phenoxy) is 1. The minimum Gasteiger partial charge on any atom is -0.370 e. The Hall–Kier alpha value is -1.47. The minimum atomic E-state index is -0.292. The van der Waals surface area contributed by atoms with E-state index in [1.54, 1.807) is 0 Å². The molecule has 134 valence electrons. The molecule has 3 aliphatic rings. The largest absolute Gasteiger partial charge is 0.370 e. The highest BCUT2D eigenvalue weighted by Crippen LogP contribution is 2.41. The second-order valence-corrected chi connectivity index (χ2v) is 7.67. The first-order chi connectivity index (χ1) is 11.3. The van der Waals surface area contributed by atoms with Crippen molar-refractivity contribution in [3.8, 4) is 0 Å². The van der Waals surface area contributed by atoms with E-state index in [4.69, 9.17) is 16.3 Å². The lowest BCUT2D eigenvalue weighted by Gasteiger charge is -2.23. The summed E-state index contributed by atoms with van der Waals surface area (Å²) in [5, 5.41) is -0.0552. The van der Waals surface area contributed by atoms with Crippen molar-refractivity contribution >= 4 is 37.0 Å². The summed E-state index contributed by atoms with van der Waals surface area (Å²) in [6, 6.07) is -0.570. The Kier molecular flexibility index (Phi) is 5.98. The van der Waals surface area contributed by atoms with Crippen LogP contribution in [0, 0.1) is 5.92 Å². The predicted octanol–water partition coefficient (Wildman–Crippen LogP) is 0.233. The summed E-state index contributed by atoms with van der Waals surface area (Å²) in [5.41, 5.74) is -0.147. The highest BCUT2D eigenvalue weighted by atomic mass is 35.5. The number of aldehydes is 2. The van der Waals surface area contributed by atoms with Crippen molar-refractivity contribution in [2.75, 3.05) is 13.1 Å². The average molecular weight is 359 g/mol. The van der Waals surface area contributed by atoms with Crippen molar-refractivity contribution in [2.45, 2.75) is 55.9 Å². The third-order valence-corrected chi connectivity index (χ3v) is 5.10. The van der Waals surface area contributed by atoms with E-state index in [1.165, 1.54) is 9.80 Å². The predicted molar refractivity (Wildman–Crippen MR) is 86.6 cm³/mol. The van der Waals surface area contributed by atoms with Crippen LogP contribution in [0.25, 0.3) is 0 Å². The third-order valence-electron chi connectivity index (χ3n) is 4.79. The molecular formula is C16H23ClN2O5. The molecule has 0 radical (unpaired) electrons. The Morgan fingerprint density at radius 3 is 2.21 bits per heavy atom. The summed E-state index contributed by atoms with van der Waals surface area (Å²) in [6.07, 6.45) is 4.52. The maximum Gasteiger partial charge on any atom is 0.210 e. The van der Waals surface area contributed by atoms with Crippen LogP contribution < -0.4 is 0 Å². The van der Waals surface area contributed by atoms with Gasteiger partial charge in [-0.25, -0.2) is 0 Å². The summed E-state index contributed by atoms with van der Waals surface area (Å²) in [7, 11) is 0. The molecule has 2 amide bonds. The minimum absolute atomic E-state index is 0.0467. The van der Waals surface area contributed by atoms with Gasteiger partial charge in [-0.2, -0.15) is 0 Å². The molecule has 5 atom stereocenters. The van der Waals surface area contributed by atoms with Crippen molar-refractivity contribution in [3.05, 3.63) is 0 Å². The Balaban J connectivity index is 0.000000185. The molecule has 7 nitrogen and oxygen atoms in total. The Bertz CT molecular complexity index is 485. The van der Waals surface area contributed by atoms with Gasteiger partial charge in [0.15, 0.2) is 0 Å². The standard InChI is InChI=1S/C10H15NO3.C6H8ClNO2/c1-10(2)3-7-8(5-12)11(6-13)4-9(7)14-10;7-5-1-6(3-9)8(2-5)4-10/h5-9H,3-4H2,1-2H3;3-6H,1-2H2/t7-,8-,9?;5-,6+/m11/s1. The van der Waals surface area contributed by atoms with Crippen LogP contribution in [0.2, 0.25) is 0 Å². The lowest BCUT2D eigenvalue weighted by molar-refractivity contribution is -0.125. The SMILES string of the molecule is CC1(C)C[C@H]2C(CN(C=O)[C@@H]2C=O)O1.O=C[C@@H]1C[C@@H](Cl)CN1C=O. The first kappa shape index (κ1) is 18.9. The highest BCUT2D eigenvalue weighted by molar-refractivity contribution is 6.21. The molecule has 3 heterocycles. The number of amides is 2. The molecule has 0 aromatic rings. The van der Waals surface area contributed by atoms with Crippen LogP contribution in [0.15, 0.2) is 0 Å². The van der Waals surface area contributed by atoms with Crippen LogP contribution in [0.4, 0.5) is 0 Å². The quantitative estimate of drug-likeness (QED) is 0.530. The first-order valence-electron chi connectivity index (χ1n) is 7.99. The molecule has 8 heteroatoms. The Labute approximate surface area is 146 Å². The molecule has 24 heavy (non-hydrogen) atoms. The molecule has 0 aliphatic carbocycles. The number of nitrogens with zero attached hydrogens (tertiary/aromatic N) is 2. The zero-order valence-corrected chi connectivity index (χ0v) is 14.6. The summed E-state index contributed by atoms with van der Waals surface area (Å²) in [6.45, 7) is 5.10. The summed E-state index contributed by atoms with van der Waals surface area (Å²) in [4.78, 5) is 45.0. The number of carbonyl (C=O) groups is 4. The molecule has 3 rings (SSSR count). The zero-order valence-electron chi connectivity index (χ0n) is 13.8. The van der Waals surface area contributed by atoms with Crippen LogP contribution in [0.3, 0.4) is 0 Å². The van der Waals surface area contributed by atoms with Crippen LogP contribution in [-0.2, 0) is 23.9 Å². The van der Waals surface area contributed by atoms with E-state index in [0.717, 1.165) is 25.4 Å². The van der Waals surface area contributed by atoms with Gasteiger partial charge >= 0.3 is 0 Å². The second-order valence-electron chi connectivity index (χ2n) is 7.05. The van der Waals surface area contributed by atoms with Crippen LogP contribution >= 0.6 is 11.6 Å². The van der Waals surface area contributed by atoms with Crippen molar-refractivity contribution in [1.29, 1.82) is 0 Å². The number of alkyl halides is 1. The van der Waals surface area contributed by atoms with E-state index in [0.29, 0.717) is 25.9 Å². The van der Waals surface area contributed by atoms with Crippen molar-refractivity contribution in [3.63, 3.8) is 0 Å². The van der Waals surface area contributed by atoms with Gasteiger partial charge in [0, 0.05) is 19.0 Å². The smallest absolute Gasteiger partial charge is 0.210 e. The topological polar surface area (TPSA) is 84.0 Å².